The number of aryl methyl sites for hydroxylation is 1. The quantitative estimate of drug-likeness (QED) is 0.914. The molecule has 1 atom stereocenters. The topological polar surface area (TPSA) is 47.9 Å². The van der Waals surface area contributed by atoms with Crippen LogP contribution in [0.1, 0.15) is 29.2 Å². The third kappa shape index (κ3) is 2.77. The maximum atomic E-state index is 10.0. The van der Waals surface area contributed by atoms with Gasteiger partial charge in [0.15, 0.2) is 0 Å². The Morgan fingerprint density at radius 2 is 1.86 bits per heavy atom. The molecule has 114 valence electrons. The summed E-state index contributed by atoms with van der Waals surface area (Å²) in [6.45, 7) is 2.02. The molecule has 0 amide bonds. The number of anilines is 1. The molecule has 22 heavy (non-hydrogen) atoms. The molecule has 0 fully saturated rings. The fraction of sp³-hybridized carbons (Fsp3) is 0.278. The average molecular weight is 295 g/mol. The number of phenolic OH excluding ortho intramolecular Hbond substituents is 1. The van der Waals surface area contributed by atoms with E-state index in [1.54, 1.807) is 6.07 Å². The summed E-state index contributed by atoms with van der Waals surface area (Å²) in [5.74, 6) is 0.287. The molecule has 3 rings (SSSR count). The zero-order valence-electron chi connectivity index (χ0n) is 13.2. The summed E-state index contributed by atoms with van der Waals surface area (Å²) >= 11 is 0. The Morgan fingerprint density at radius 1 is 1.14 bits per heavy atom. The van der Waals surface area contributed by atoms with Crippen LogP contribution in [-0.4, -0.2) is 24.9 Å². The summed E-state index contributed by atoms with van der Waals surface area (Å²) in [5, 5.41) is 14.5. The highest BCUT2D eigenvalue weighted by atomic mass is 16.3. The van der Waals surface area contributed by atoms with E-state index in [9.17, 15) is 5.11 Å². The molecule has 2 aromatic carbocycles. The Kier molecular flexibility index (Phi) is 3.75. The minimum atomic E-state index is 0.158. The van der Waals surface area contributed by atoms with E-state index in [0.717, 1.165) is 23.3 Å². The first-order valence-electron chi connectivity index (χ1n) is 7.44. The highest BCUT2D eigenvalue weighted by Gasteiger charge is 2.23. The van der Waals surface area contributed by atoms with Crippen molar-refractivity contribution in [1.29, 1.82) is 0 Å². The molecule has 4 heteroatoms. The Morgan fingerprint density at radius 3 is 2.55 bits per heavy atom. The number of phenols is 1. The number of rotatable bonds is 3. The molecule has 1 heterocycles. The van der Waals surface area contributed by atoms with E-state index >= 15 is 0 Å². The van der Waals surface area contributed by atoms with Crippen molar-refractivity contribution in [3.05, 3.63) is 59.2 Å². The van der Waals surface area contributed by atoms with E-state index < -0.39 is 0 Å². The van der Waals surface area contributed by atoms with Crippen molar-refractivity contribution >= 4 is 11.4 Å². The Hall–Kier alpha value is -2.49. The average Bonchev–Trinajstić information content (AvgIpc) is 2.99. The van der Waals surface area contributed by atoms with E-state index in [0.29, 0.717) is 0 Å². The number of nitrogens with one attached hydrogen (secondary N) is 1. The van der Waals surface area contributed by atoms with Gasteiger partial charge >= 0.3 is 0 Å². The second kappa shape index (κ2) is 5.72. The van der Waals surface area contributed by atoms with Crippen LogP contribution in [0.3, 0.4) is 0 Å². The maximum absolute atomic E-state index is 10.0. The number of benzene rings is 2. The largest absolute Gasteiger partial charge is 0.507 e. The number of aromatic hydroxyl groups is 1. The Bertz CT molecular complexity index is 705. The van der Waals surface area contributed by atoms with Gasteiger partial charge in [0.1, 0.15) is 5.75 Å². The SMILES string of the molecule is Cc1ccc(O)c(C2=NN[C@H](c3ccc(N(C)C)cc3)C2)c1. The second-order valence-corrected chi connectivity index (χ2v) is 5.95. The van der Waals surface area contributed by atoms with Crippen LogP contribution in [-0.2, 0) is 0 Å². The first-order valence-corrected chi connectivity index (χ1v) is 7.44. The first kappa shape index (κ1) is 14.4. The highest BCUT2D eigenvalue weighted by Crippen LogP contribution is 2.29. The number of hydrogen-bond acceptors (Lipinski definition) is 4. The van der Waals surface area contributed by atoms with E-state index in [1.165, 1.54) is 11.3 Å². The molecule has 4 nitrogen and oxygen atoms in total. The van der Waals surface area contributed by atoms with E-state index in [2.05, 4.69) is 39.7 Å². The Balaban J connectivity index is 1.77. The monoisotopic (exact) mass is 295 g/mol. The van der Waals surface area contributed by atoms with E-state index in [4.69, 9.17) is 0 Å². The lowest BCUT2D eigenvalue weighted by molar-refractivity contribution is 0.474. The number of nitrogens with zero attached hydrogens (tertiary/aromatic N) is 2. The van der Waals surface area contributed by atoms with Gasteiger partial charge in [-0.2, -0.15) is 5.10 Å². The molecule has 0 radical (unpaired) electrons. The highest BCUT2D eigenvalue weighted by molar-refractivity contribution is 6.04. The van der Waals surface area contributed by atoms with Crippen LogP contribution in [0.5, 0.6) is 5.75 Å². The predicted octanol–water partition coefficient (Wildman–Crippen LogP) is 3.21. The van der Waals surface area contributed by atoms with Gasteiger partial charge < -0.3 is 15.4 Å². The van der Waals surface area contributed by atoms with Crippen molar-refractivity contribution in [1.82, 2.24) is 5.43 Å². The lowest BCUT2D eigenvalue weighted by atomic mass is 9.97. The molecular formula is C18H21N3O. The van der Waals surface area contributed by atoms with Gasteiger partial charge in [0.25, 0.3) is 0 Å². The molecule has 0 saturated carbocycles. The zero-order chi connectivity index (χ0) is 15.7. The van der Waals surface area contributed by atoms with Crippen molar-refractivity contribution in [2.24, 2.45) is 5.10 Å². The molecule has 0 saturated heterocycles. The Labute approximate surface area is 131 Å². The minimum Gasteiger partial charge on any atom is -0.507 e. The first-order chi connectivity index (χ1) is 10.5. The smallest absolute Gasteiger partial charge is 0.124 e. The third-order valence-corrected chi connectivity index (χ3v) is 4.03. The lowest BCUT2D eigenvalue weighted by Gasteiger charge is -2.15. The zero-order valence-corrected chi connectivity index (χ0v) is 13.2. The summed E-state index contributed by atoms with van der Waals surface area (Å²) in [6, 6.07) is 14.2. The number of hydrazone groups is 1. The summed E-state index contributed by atoms with van der Waals surface area (Å²) in [7, 11) is 4.06. The molecule has 0 spiro atoms. The molecule has 0 aromatic heterocycles. The third-order valence-electron chi connectivity index (χ3n) is 4.03. The van der Waals surface area contributed by atoms with Crippen molar-refractivity contribution < 1.29 is 5.11 Å². The van der Waals surface area contributed by atoms with Gasteiger partial charge in [-0.25, -0.2) is 0 Å². The van der Waals surface area contributed by atoms with Crippen LogP contribution >= 0.6 is 0 Å². The van der Waals surface area contributed by atoms with E-state index in [1.807, 2.05) is 33.2 Å². The normalized spacial score (nSPS) is 17.0. The fourth-order valence-electron chi connectivity index (χ4n) is 2.69. The predicted molar refractivity (Wildman–Crippen MR) is 90.6 cm³/mol. The van der Waals surface area contributed by atoms with Crippen molar-refractivity contribution in [3.8, 4) is 5.75 Å². The fourth-order valence-corrected chi connectivity index (χ4v) is 2.69. The van der Waals surface area contributed by atoms with Crippen LogP contribution in [0.15, 0.2) is 47.6 Å². The van der Waals surface area contributed by atoms with E-state index in [-0.39, 0.29) is 11.8 Å². The lowest BCUT2D eigenvalue weighted by Crippen LogP contribution is -2.11. The van der Waals surface area contributed by atoms with Crippen molar-refractivity contribution in [2.45, 2.75) is 19.4 Å². The second-order valence-electron chi connectivity index (χ2n) is 5.95. The van der Waals surface area contributed by atoms with Gasteiger partial charge in [-0.15, -0.1) is 0 Å². The van der Waals surface area contributed by atoms with Crippen LogP contribution in [0.2, 0.25) is 0 Å². The summed E-state index contributed by atoms with van der Waals surface area (Å²) in [5.41, 5.74) is 8.41. The van der Waals surface area contributed by atoms with Gasteiger partial charge in [-0.05, 0) is 36.8 Å². The molecule has 2 N–H and O–H groups in total. The van der Waals surface area contributed by atoms with Gasteiger partial charge in [0.2, 0.25) is 0 Å². The van der Waals surface area contributed by atoms with Gasteiger partial charge in [-0.3, -0.25) is 0 Å². The van der Waals surface area contributed by atoms with Gasteiger partial charge in [-0.1, -0.05) is 23.8 Å². The summed E-state index contributed by atoms with van der Waals surface area (Å²) in [4.78, 5) is 2.08. The van der Waals surface area contributed by atoms with Crippen LogP contribution in [0.4, 0.5) is 5.69 Å². The standard InChI is InChI=1S/C18H21N3O/c1-12-4-9-18(22)15(10-12)17-11-16(19-20-17)13-5-7-14(8-6-13)21(2)3/h4-10,16,19,22H,11H2,1-3H3/t16-/m0/s1. The molecule has 1 aliphatic rings. The van der Waals surface area contributed by atoms with Crippen molar-refractivity contribution in [3.63, 3.8) is 0 Å². The molecule has 1 aliphatic heterocycles. The van der Waals surface area contributed by atoms with Crippen LogP contribution < -0.4 is 10.3 Å². The van der Waals surface area contributed by atoms with Crippen molar-refractivity contribution in [2.75, 3.05) is 19.0 Å². The minimum absolute atomic E-state index is 0.158. The summed E-state index contributed by atoms with van der Waals surface area (Å²) < 4.78 is 0. The van der Waals surface area contributed by atoms with Gasteiger partial charge in [0.05, 0.1) is 11.8 Å². The maximum Gasteiger partial charge on any atom is 0.124 e. The molecule has 0 bridgehead atoms. The molecule has 2 aromatic rings. The molecular weight excluding hydrogens is 274 g/mol. The summed E-state index contributed by atoms with van der Waals surface area (Å²) in [6.07, 6.45) is 0.776. The van der Waals surface area contributed by atoms with Crippen LogP contribution in [0, 0.1) is 6.92 Å². The molecule has 0 aliphatic carbocycles. The van der Waals surface area contributed by atoms with Gasteiger partial charge in [0, 0.05) is 31.8 Å². The van der Waals surface area contributed by atoms with Crippen LogP contribution in [0.25, 0.3) is 0 Å². The molecule has 0 unspecified atom stereocenters. The number of hydrogen-bond donors (Lipinski definition) is 2.